The minimum atomic E-state index is -0.753. The fourth-order valence-corrected chi connectivity index (χ4v) is 2.46. The molecule has 3 unspecified atom stereocenters. The standard InChI is InChI=1S/C10H20N2O2/c1-6(2)9-8(11)7(10(13)14)4-5-12(9)3/h6-9H,4-5,11H2,1-3H3,(H,13,14). The van der Waals surface area contributed by atoms with Gasteiger partial charge in [-0.3, -0.25) is 4.79 Å². The van der Waals surface area contributed by atoms with Crippen LogP contribution in [0.15, 0.2) is 0 Å². The Bertz CT molecular complexity index is 218. The summed E-state index contributed by atoms with van der Waals surface area (Å²) in [5, 5.41) is 9.00. The molecule has 82 valence electrons. The largest absolute Gasteiger partial charge is 0.481 e. The second kappa shape index (κ2) is 4.28. The topological polar surface area (TPSA) is 66.6 Å². The van der Waals surface area contributed by atoms with E-state index in [0.717, 1.165) is 6.54 Å². The molecule has 0 amide bonds. The molecule has 0 aromatic rings. The van der Waals surface area contributed by atoms with E-state index in [9.17, 15) is 4.79 Å². The number of nitrogens with zero attached hydrogens (tertiary/aromatic N) is 1. The molecule has 1 saturated heterocycles. The van der Waals surface area contributed by atoms with Gasteiger partial charge in [-0.05, 0) is 25.9 Å². The summed E-state index contributed by atoms with van der Waals surface area (Å²) in [5.41, 5.74) is 5.99. The summed E-state index contributed by atoms with van der Waals surface area (Å²) in [7, 11) is 2.02. The molecule has 1 aliphatic rings. The van der Waals surface area contributed by atoms with Crippen LogP contribution in [0.4, 0.5) is 0 Å². The van der Waals surface area contributed by atoms with Crippen molar-refractivity contribution in [3.63, 3.8) is 0 Å². The van der Waals surface area contributed by atoms with E-state index >= 15 is 0 Å². The van der Waals surface area contributed by atoms with E-state index in [-0.39, 0.29) is 18.0 Å². The monoisotopic (exact) mass is 200 g/mol. The van der Waals surface area contributed by atoms with Crippen LogP contribution in [0.2, 0.25) is 0 Å². The van der Waals surface area contributed by atoms with Crippen LogP contribution in [-0.2, 0) is 4.79 Å². The van der Waals surface area contributed by atoms with Crippen LogP contribution in [-0.4, -0.2) is 41.7 Å². The summed E-state index contributed by atoms with van der Waals surface area (Å²) >= 11 is 0. The lowest BCUT2D eigenvalue weighted by molar-refractivity contribution is -0.145. The Balaban J connectivity index is 2.77. The lowest BCUT2D eigenvalue weighted by atomic mass is 9.81. The van der Waals surface area contributed by atoms with Crippen molar-refractivity contribution in [1.82, 2.24) is 4.90 Å². The smallest absolute Gasteiger partial charge is 0.308 e. The molecule has 0 aromatic heterocycles. The quantitative estimate of drug-likeness (QED) is 0.676. The summed E-state index contributed by atoms with van der Waals surface area (Å²) < 4.78 is 0. The highest BCUT2D eigenvalue weighted by molar-refractivity contribution is 5.71. The highest BCUT2D eigenvalue weighted by atomic mass is 16.4. The summed E-state index contributed by atoms with van der Waals surface area (Å²) in [6, 6.07) is -0.0592. The summed E-state index contributed by atoms with van der Waals surface area (Å²) in [6.45, 7) is 5.00. The van der Waals surface area contributed by atoms with Crippen molar-refractivity contribution in [2.75, 3.05) is 13.6 Å². The molecule has 1 fully saturated rings. The molecular formula is C10H20N2O2. The molecule has 1 heterocycles. The predicted molar refractivity (Wildman–Crippen MR) is 55.0 cm³/mol. The number of likely N-dealkylation sites (tertiary alicyclic amines) is 1. The number of hydrogen-bond donors (Lipinski definition) is 2. The zero-order chi connectivity index (χ0) is 10.9. The molecule has 0 aromatic carbocycles. The second-order valence-corrected chi connectivity index (χ2v) is 4.53. The van der Waals surface area contributed by atoms with Gasteiger partial charge in [-0.15, -0.1) is 0 Å². The van der Waals surface area contributed by atoms with Crippen LogP contribution < -0.4 is 5.73 Å². The molecule has 0 radical (unpaired) electrons. The normalized spacial score (nSPS) is 34.8. The molecule has 14 heavy (non-hydrogen) atoms. The molecule has 1 rings (SSSR count). The number of carbonyl (C=O) groups is 1. The number of piperidine rings is 1. The molecule has 1 aliphatic heterocycles. The number of carboxylic acid groups (broad SMARTS) is 1. The van der Waals surface area contributed by atoms with Gasteiger partial charge < -0.3 is 15.7 Å². The van der Waals surface area contributed by atoms with E-state index < -0.39 is 5.97 Å². The van der Waals surface area contributed by atoms with Crippen LogP contribution in [0.25, 0.3) is 0 Å². The van der Waals surface area contributed by atoms with Crippen molar-refractivity contribution in [3.8, 4) is 0 Å². The Morgan fingerprint density at radius 1 is 1.57 bits per heavy atom. The number of rotatable bonds is 2. The van der Waals surface area contributed by atoms with Crippen LogP contribution in [0.5, 0.6) is 0 Å². The molecule has 0 saturated carbocycles. The van der Waals surface area contributed by atoms with E-state index in [0.29, 0.717) is 12.3 Å². The maximum absolute atomic E-state index is 10.9. The Labute approximate surface area is 85.1 Å². The first-order chi connectivity index (χ1) is 6.45. The van der Waals surface area contributed by atoms with E-state index in [1.165, 1.54) is 0 Å². The number of likely N-dealkylation sites (N-methyl/N-ethyl adjacent to an activating group) is 1. The van der Waals surface area contributed by atoms with Gasteiger partial charge in [-0.25, -0.2) is 0 Å². The molecule has 0 aliphatic carbocycles. The highest BCUT2D eigenvalue weighted by Crippen LogP contribution is 2.25. The Morgan fingerprint density at radius 2 is 2.14 bits per heavy atom. The molecule has 0 spiro atoms. The third-order valence-electron chi connectivity index (χ3n) is 3.16. The fraction of sp³-hybridized carbons (Fsp3) is 0.900. The summed E-state index contributed by atoms with van der Waals surface area (Å²) in [4.78, 5) is 13.1. The van der Waals surface area contributed by atoms with Gasteiger partial charge >= 0.3 is 5.97 Å². The summed E-state index contributed by atoms with van der Waals surface area (Å²) in [5.74, 6) is -0.730. The molecule has 0 bridgehead atoms. The van der Waals surface area contributed by atoms with E-state index in [1.807, 2.05) is 7.05 Å². The van der Waals surface area contributed by atoms with Crippen molar-refractivity contribution in [1.29, 1.82) is 0 Å². The third kappa shape index (κ3) is 2.07. The van der Waals surface area contributed by atoms with Crippen LogP contribution in [0.3, 0.4) is 0 Å². The zero-order valence-electron chi connectivity index (χ0n) is 9.10. The van der Waals surface area contributed by atoms with E-state index in [4.69, 9.17) is 10.8 Å². The first-order valence-corrected chi connectivity index (χ1v) is 5.13. The minimum Gasteiger partial charge on any atom is -0.481 e. The van der Waals surface area contributed by atoms with Crippen LogP contribution in [0, 0.1) is 11.8 Å². The molecule has 4 heteroatoms. The SMILES string of the molecule is CC(C)C1C(N)C(C(=O)O)CCN1C. The Hall–Kier alpha value is -0.610. The van der Waals surface area contributed by atoms with Crippen LogP contribution in [0.1, 0.15) is 20.3 Å². The maximum Gasteiger partial charge on any atom is 0.308 e. The molecule has 4 nitrogen and oxygen atoms in total. The minimum absolute atomic E-state index is 0.185. The van der Waals surface area contributed by atoms with Gasteiger partial charge in [0.2, 0.25) is 0 Å². The van der Waals surface area contributed by atoms with Gasteiger partial charge in [0.05, 0.1) is 5.92 Å². The predicted octanol–water partition coefficient (Wildman–Crippen LogP) is 0.375. The van der Waals surface area contributed by atoms with Gasteiger partial charge in [0.15, 0.2) is 0 Å². The summed E-state index contributed by atoms with van der Waals surface area (Å²) in [6.07, 6.45) is 0.663. The molecular weight excluding hydrogens is 180 g/mol. The third-order valence-corrected chi connectivity index (χ3v) is 3.16. The Morgan fingerprint density at radius 3 is 2.57 bits per heavy atom. The molecule has 3 atom stereocenters. The first-order valence-electron chi connectivity index (χ1n) is 5.13. The highest BCUT2D eigenvalue weighted by Gasteiger charge is 2.39. The van der Waals surface area contributed by atoms with Crippen LogP contribution >= 0.6 is 0 Å². The second-order valence-electron chi connectivity index (χ2n) is 4.53. The van der Waals surface area contributed by atoms with Crippen molar-refractivity contribution < 1.29 is 9.90 Å². The van der Waals surface area contributed by atoms with Gasteiger partial charge in [0.1, 0.15) is 0 Å². The van der Waals surface area contributed by atoms with Crippen molar-refractivity contribution in [2.45, 2.75) is 32.4 Å². The number of hydrogen-bond acceptors (Lipinski definition) is 3. The average molecular weight is 200 g/mol. The zero-order valence-corrected chi connectivity index (χ0v) is 9.10. The number of nitrogens with two attached hydrogens (primary N) is 1. The van der Waals surface area contributed by atoms with Gasteiger partial charge in [0.25, 0.3) is 0 Å². The lowest BCUT2D eigenvalue weighted by Gasteiger charge is -2.42. The average Bonchev–Trinajstić information content (AvgIpc) is 2.02. The Kier molecular flexibility index (Phi) is 3.50. The lowest BCUT2D eigenvalue weighted by Crippen LogP contribution is -2.58. The van der Waals surface area contributed by atoms with E-state index in [2.05, 4.69) is 18.7 Å². The maximum atomic E-state index is 10.9. The number of aliphatic carboxylic acids is 1. The van der Waals surface area contributed by atoms with Gasteiger partial charge in [0, 0.05) is 12.1 Å². The van der Waals surface area contributed by atoms with Crippen molar-refractivity contribution in [2.24, 2.45) is 17.6 Å². The van der Waals surface area contributed by atoms with Gasteiger partial charge in [-0.2, -0.15) is 0 Å². The fourth-order valence-electron chi connectivity index (χ4n) is 2.46. The van der Waals surface area contributed by atoms with E-state index in [1.54, 1.807) is 0 Å². The number of carboxylic acids is 1. The van der Waals surface area contributed by atoms with Crippen molar-refractivity contribution in [3.05, 3.63) is 0 Å². The van der Waals surface area contributed by atoms with Crippen molar-refractivity contribution >= 4 is 5.97 Å². The van der Waals surface area contributed by atoms with Gasteiger partial charge in [-0.1, -0.05) is 13.8 Å². The molecule has 3 N–H and O–H groups in total. The first kappa shape index (κ1) is 11.5.